The third-order valence-corrected chi connectivity index (χ3v) is 5.54. The van der Waals surface area contributed by atoms with Gasteiger partial charge in [-0.1, -0.05) is 42.5 Å². The molecule has 0 fully saturated rings. The van der Waals surface area contributed by atoms with E-state index in [0.29, 0.717) is 38.7 Å². The van der Waals surface area contributed by atoms with Gasteiger partial charge < -0.3 is 9.30 Å². The van der Waals surface area contributed by atoms with Crippen LogP contribution in [0, 0.1) is 0 Å². The largest absolute Gasteiger partial charge is 0.382 e. The number of ether oxygens (including phenoxy) is 1. The summed E-state index contributed by atoms with van der Waals surface area (Å²) >= 11 is 0. The highest BCUT2D eigenvalue weighted by Crippen LogP contribution is 2.21. The van der Waals surface area contributed by atoms with Crippen LogP contribution in [0.5, 0.6) is 0 Å². The molecule has 0 aliphatic carbocycles. The number of aromatic nitrogens is 2. The Bertz CT molecular complexity index is 1140. The number of imidazole rings is 1. The molecular weight excluding hydrogens is 418 g/mol. The number of anilines is 1. The van der Waals surface area contributed by atoms with Crippen molar-refractivity contribution in [3.63, 3.8) is 0 Å². The van der Waals surface area contributed by atoms with Gasteiger partial charge in [0.2, 0.25) is 17.8 Å². The zero-order valence-electron chi connectivity index (χ0n) is 18.9. The number of hydrogen-bond donors (Lipinski definition) is 1. The number of nitrogens with one attached hydrogen (secondary N) is 1. The van der Waals surface area contributed by atoms with Gasteiger partial charge in [0, 0.05) is 39.0 Å². The van der Waals surface area contributed by atoms with Crippen LogP contribution in [0.4, 0.5) is 5.95 Å². The third-order valence-electron chi connectivity index (χ3n) is 5.54. The van der Waals surface area contributed by atoms with Crippen molar-refractivity contribution in [2.45, 2.75) is 39.2 Å². The molecule has 1 aliphatic heterocycles. The Hall–Kier alpha value is -3.52. The van der Waals surface area contributed by atoms with Crippen molar-refractivity contribution in [1.29, 1.82) is 0 Å². The van der Waals surface area contributed by atoms with Gasteiger partial charge >= 0.3 is 0 Å². The first kappa shape index (κ1) is 22.7. The van der Waals surface area contributed by atoms with Crippen molar-refractivity contribution in [3.8, 4) is 0 Å². The first-order valence-corrected chi connectivity index (χ1v) is 11.4. The molecule has 0 saturated heterocycles. The lowest BCUT2D eigenvalue weighted by molar-refractivity contribution is -0.132. The molecule has 2 aromatic carbocycles. The van der Waals surface area contributed by atoms with Crippen LogP contribution in [0.15, 0.2) is 59.7 Å². The van der Waals surface area contributed by atoms with Gasteiger partial charge in [-0.15, -0.1) is 0 Å². The summed E-state index contributed by atoms with van der Waals surface area (Å²) in [4.78, 5) is 29.8. The molecule has 0 spiro atoms. The second-order valence-electron chi connectivity index (χ2n) is 7.85. The van der Waals surface area contributed by atoms with Crippen LogP contribution in [0.1, 0.15) is 38.2 Å². The summed E-state index contributed by atoms with van der Waals surface area (Å²) in [5.74, 6) is 0.105. The van der Waals surface area contributed by atoms with E-state index in [1.807, 2.05) is 66.1 Å². The normalized spacial score (nSPS) is 13.4. The highest BCUT2D eigenvalue weighted by Gasteiger charge is 2.22. The number of aryl methyl sites for hydroxylation is 1. The Morgan fingerprint density at radius 1 is 1.06 bits per heavy atom. The zero-order valence-corrected chi connectivity index (χ0v) is 18.9. The van der Waals surface area contributed by atoms with E-state index in [1.165, 1.54) is 5.01 Å². The van der Waals surface area contributed by atoms with E-state index in [-0.39, 0.29) is 24.7 Å². The number of hydrazone groups is 1. The van der Waals surface area contributed by atoms with Crippen molar-refractivity contribution >= 4 is 34.5 Å². The lowest BCUT2D eigenvalue weighted by Gasteiger charge is -2.12. The predicted octanol–water partition coefficient (Wildman–Crippen LogP) is 3.82. The van der Waals surface area contributed by atoms with Crippen LogP contribution in [0.3, 0.4) is 0 Å². The Kier molecular flexibility index (Phi) is 7.47. The van der Waals surface area contributed by atoms with Gasteiger partial charge in [-0.25, -0.2) is 9.99 Å². The number of fused-ring (bicyclic) bond motifs is 1. The Balaban J connectivity index is 1.35. The van der Waals surface area contributed by atoms with Gasteiger partial charge in [-0.2, -0.15) is 5.10 Å². The maximum absolute atomic E-state index is 12.6. The summed E-state index contributed by atoms with van der Waals surface area (Å²) in [6.45, 7) is 4.51. The van der Waals surface area contributed by atoms with E-state index >= 15 is 0 Å². The lowest BCUT2D eigenvalue weighted by Crippen LogP contribution is -2.25. The van der Waals surface area contributed by atoms with E-state index in [4.69, 9.17) is 4.74 Å². The SMILES string of the molecule is CCOCCCn1c(NC(=O)CCC(=O)N2CCC(c3ccccc3)=N2)nc2ccccc21. The van der Waals surface area contributed by atoms with Crippen LogP contribution < -0.4 is 5.32 Å². The standard InChI is InChI=1S/C25H29N5O3/c1-2-33-18-8-16-29-22-12-7-6-11-21(22)26-25(29)27-23(31)13-14-24(32)30-17-15-20(28-30)19-9-4-3-5-10-19/h3-7,9-12H,2,8,13-18H2,1H3,(H,26,27,31). The van der Waals surface area contributed by atoms with Gasteiger partial charge in [-0.05, 0) is 31.0 Å². The van der Waals surface area contributed by atoms with Gasteiger partial charge in [-0.3, -0.25) is 14.9 Å². The summed E-state index contributed by atoms with van der Waals surface area (Å²) in [5, 5.41) is 8.81. The van der Waals surface area contributed by atoms with Crippen molar-refractivity contribution in [2.24, 2.45) is 5.10 Å². The fraction of sp³-hybridized carbons (Fsp3) is 0.360. The van der Waals surface area contributed by atoms with Crippen molar-refractivity contribution in [1.82, 2.24) is 14.6 Å². The molecule has 1 aromatic heterocycles. The number of para-hydroxylation sites is 2. The summed E-state index contributed by atoms with van der Waals surface area (Å²) in [6.07, 6.45) is 1.70. The average molecular weight is 448 g/mol. The van der Waals surface area contributed by atoms with Gasteiger partial charge in [0.1, 0.15) is 0 Å². The van der Waals surface area contributed by atoms with Crippen LogP contribution in [0.2, 0.25) is 0 Å². The average Bonchev–Trinajstić information content (AvgIpc) is 3.46. The molecule has 2 heterocycles. The predicted molar refractivity (Wildman–Crippen MR) is 128 cm³/mol. The molecule has 33 heavy (non-hydrogen) atoms. The third kappa shape index (κ3) is 5.64. The molecule has 0 unspecified atom stereocenters. The van der Waals surface area contributed by atoms with Crippen LogP contribution >= 0.6 is 0 Å². The minimum Gasteiger partial charge on any atom is -0.382 e. The molecule has 2 amide bonds. The molecule has 3 aromatic rings. The number of rotatable bonds is 10. The smallest absolute Gasteiger partial charge is 0.243 e. The van der Waals surface area contributed by atoms with Crippen molar-refractivity contribution in [3.05, 3.63) is 60.2 Å². The number of carbonyl (C=O) groups excluding carboxylic acids is 2. The highest BCUT2D eigenvalue weighted by atomic mass is 16.5. The molecule has 8 nitrogen and oxygen atoms in total. The lowest BCUT2D eigenvalue weighted by atomic mass is 10.1. The number of benzene rings is 2. The quantitative estimate of drug-likeness (QED) is 0.479. The molecule has 1 aliphatic rings. The van der Waals surface area contributed by atoms with E-state index < -0.39 is 0 Å². The number of hydrogen-bond acceptors (Lipinski definition) is 5. The minimum atomic E-state index is -0.240. The van der Waals surface area contributed by atoms with Crippen LogP contribution in [-0.4, -0.2) is 51.8 Å². The number of nitrogens with zero attached hydrogens (tertiary/aromatic N) is 4. The maximum Gasteiger partial charge on any atom is 0.243 e. The fourth-order valence-electron chi connectivity index (χ4n) is 3.87. The summed E-state index contributed by atoms with van der Waals surface area (Å²) in [6, 6.07) is 17.6. The van der Waals surface area contributed by atoms with E-state index in [9.17, 15) is 9.59 Å². The van der Waals surface area contributed by atoms with E-state index in [0.717, 1.165) is 28.7 Å². The van der Waals surface area contributed by atoms with Crippen LogP contribution in [0.25, 0.3) is 11.0 Å². The van der Waals surface area contributed by atoms with E-state index in [1.54, 1.807) is 0 Å². The second kappa shape index (κ2) is 10.9. The first-order chi connectivity index (χ1) is 16.2. The molecule has 0 bridgehead atoms. The Labute approximate surface area is 193 Å². The second-order valence-corrected chi connectivity index (χ2v) is 7.85. The summed E-state index contributed by atoms with van der Waals surface area (Å²) in [5.41, 5.74) is 3.70. The molecule has 4 rings (SSSR count). The first-order valence-electron chi connectivity index (χ1n) is 11.4. The zero-order chi connectivity index (χ0) is 23.0. The number of amides is 2. The molecular formula is C25H29N5O3. The van der Waals surface area contributed by atoms with Gasteiger partial charge in [0.15, 0.2) is 0 Å². The van der Waals surface area contributed by atoms with Gasteiger partial charge in [0.05, 0.1) is 23.3 Å². The molecule has 0 atom stereocenters. The molecule has 0 radical (unpaired) electrons. The minimum absolute atomic E-state index is 0.0771. The van der Waals surface area contributed by atoms with Crippen molar-refractivity contribution < 1.29 is 14.3 Å². The monoisotopic (exact) mass is 447 g/mol. The van der Waals surface area contributed by atoms with Crippen molar-refractivity contribution in [2.75, 3.05) is 25.1 Å². The Morgan fingerprint density at radius 2 is 1.85 bits per heavy atom. The number of carbonyl (C=O) groups is 2. The maximum atomic E-state index is 12.6. The topological polar surface area (TPSA) is 88.8 Å². The molecule has 172 valence electrons. The van der Waals surface area contributed by atoms with Gasteiger partial charge in [0.25, 0.3) is 0 Å². The summed E-state index contributed by atoms with van der Waals surface area (Å²) in [7, 11) is 0. The Morgan fingerprint density at radius 3 is 2.67 bits per heavy atom. The fourth-order valence-corrected chi connectivity index (χ4v) is 3.87. The van der Waals surface area contributed by atoms with Crippen LogP contribution in [-0.2, 0) is 20.9 Å². The highest BCUT2D eigenvalue weighted by molar-refractivity contribution is 6.02. The molecule has 1 N–H and O–H groups in total. The summed E-state index contributed by atoms with van der Waals surface area (Å²) < 4.78 is 7.43. The van der Waals surface area contributed by atoms with E-state index in [2.05, 4.69) is 15.4 Å². The molecule has 8 heteroatoms. The molecule has 0 saturated carbocycles.